The number of pyridine rings is 2. The molecule has 0 atom stereocenters. The zero-order chi connectivity index (χ0) is 17.9. The fourth-order valence-corrected chi connectivity index (χ4v) is 3.89. The molecule has 3 aromatic heterocycles. The van der Waals surface area contributed by atoms with Gasteiger partial charge in [-0.25, -0.2) is 9.55 Å². The van der Waals surface area contributed by atoms with Crippen molar-refractivity contribution in [2.75, 3.05) is 7.05 Å². The minimum absolute atomic E-state index is 0.180. The molecule has 0 amide bonds. The summed E-state index contributed by atoms with van der Waals surface area (Å²) in [5.74, 6) is 0. The van der Waals surface area contributed by atoms with Crippen LogP contribution in [-0.4, -0.2) is 23.7 Å². The first-order valence-corrected chi connectivity index (χ1v) is 8.64. The van der Waals surface area contributed by atoms with Crippen molar-refractivity contribution in [2.24, 2.45) is 7.05 Å². The summed E-state index contributed by atoms with van der Waals surface area (Å²) >= 11 is 0. The lowest BCUT2D eigenvalue weighted by molar-refractivity contribution is -0.654. The van der Waals surface area contributed by atoms with Crippen molar-refractivity contribution in [3.05, 3.63) is 51.9 Å². The average molecular weight is 332 g/mol. The van der Waals surface area contributed by atoms with Crippen LogP contribution in [-0.2, 0) is 7.05 Å². The van der Waals surface area contributed by atoms with Gasteiger partial charge in [0.25, 0.3) is 0 Å². The standard InChI is InChI=1S/C20H23BN3O/c1-12-9-18(23(5)10-13(12)2)21-15(4)19-16-8-7-14(3)22-20(16)25-17(19)11-24(21)6/h7-11H,1-6H3/q+1. The van der Waals surface area contributed by atoms with Crippen molar-refractivity contribution in [1.29, 1.82) is 0 Å². The molecule has 4 nitrogen and oxygen atoms in total. The first-order valence-electron chi connectivity index (χ1n) is 8.64. The van der Waals surface area contributed by atoms with Gasteiger partial charge in [0, 0.05) is 34.1 Å². The second kappa shape index (κ2) is 5.48. The quantitative estimate of drug-likeness (QED) is 0.490. The molecule has 0 radical (unpaired) electrons. The van der Waals surface area contributed by atoms with E-state index in [1.165, 1.54) is 27.4 Å². The minimum atomic E-state index is 0.180. The summed E-state index contributed by atoms with van der Waals surface area (Å²) in [6.45, 7) is 8.70. The molecule has 0 saturated carbocycles. The lowest BCUT2D eigenvalue weighted by atomic mass is 9.50. The fraction of sp³-hybridized carbons (Fsp3) is 0.300. The van der Waals surface area contributed by atoms with Crippen LogP contribution >= 0.6 is 0 Å². The van der Waals surface area contributed by atoms with Gasteiger partial charge in [-0.1, -0.05) is 5.47 Å². The van der Waals surface area contributed by atoms with Crippen molar-refractivity contribution in [3.63, 3.8) is 0 Å². The number of rotatable bonds is 1. The SMILES string of the molecule is CC1=c2c(oc3nc(C)ccc23)=CN(C)B1c1cc(C)c(C)c[n+]1C. The van der Waals surface area contributed by atoms with Gasteiger partial charge in [0.2, 0.25) is 5.71 Å². The van der Waals surface area contributed by atoms with Crippen LogP contribution in [0.3, 0.4) is 0 Å². The Bertz CT molecular complexity index is 1130. The molecule has 1 aliphatic rings. The summed E-state index contributed by atoms with van der Waals surface area (Å²) in [7, 11) is 4.23. The van der Waals surface area contributed by atoms with Crippen molar-refractivity contribution >= 4 is 35.2 Å². The first-order chi connectivity index (χ1) is 11.9. The Morgan fingerprint density at radius 1 is 1.12 bits per heavy atom. The van der Waals surface area contributed by atoms with Gasteiger partial charge in [0.1, 0.15) is 7.05 Å². The third-order valence-electron chi connectivity index (χ3n) is 5.32. The highest BCUT2D eigenvalue weighted by Gasteiger charge is 2.35. The topological polar surface area (TPSA) is 33.2 Å². The molecule has 0 saturated heterocycles. The lowest BCUT2D eigenvalue weighted by Gasteiger charge is -2.24. The van der Waals surface area contributed by atoms with Gasteiger partial charge < -0.3 is 9.23 Å². The maximum absolute atomic E-state index is 6.03. The van der Waals surface area contributed by atoms with Crippen molar-refractivity contribution in [1.82, 2.24) is 9.79 Å². The van der Waals surface area contributed by atoms with E-state index >= 15 is 0 Å². The maximum atomic E-state index is 6.03. The molecule has 3 aromatic rings. The second-order valence-electron chi connectivity index (χ2n) is 7.20. The molecular weight excluding hydrogens is 309 g/mol. The normalized spacial score (nSPS) is 14.1. The van der Waals surface area contributed by atoms with Crippen LogP contribution in [0.1, 0.15) is 23.7 Å². The molecule has 4 heterocycles. The van der Waals surface area contributed by atoms with E-state index in [2.05, 4.69) is 79.8 Å². The molecule has 0 unspecified atom stereocenters. The molecule has 1 aliphatic heterocycles. The van der Waals surface area contributed by atoms with Crippen LogP contribution in [0.25, 0.3) is 22.8 Å². The molecule has 126 valence electrons. The lowest BCUT2D eigenvalue weighted by Crippen LogP contribution is -2.62. The molecule has 0 fully saturated rings. The minimum Gasteiger partial charge on any atom is -0.436 e. The molecule has 0 N–H and O–H groups in total. The van der Waals surface area contributed by atoms with E-state index in [0.29, 0.717) is 0 Å². The van der Waals surface area contributed by atoms with E-state index < -0.39 is 0 Å². The number of aryl methyl sites for hydroxylation is 4. The van der Waals surface area contributed by atoms with Crippen LogP contribution < -0.4 is 20.8 Å². The third kappa shape index (κ3) is 2.37. The number of fused-ring (bicyclic) bond motifs is 3. The van der Waals surface area contributed by atoms with E-state index in [1.54, 1.807) is 0 Å². The van der Waals surface area contributed by atoms with Gasteiger partial charge in [-0.15, -0.1) is 0 Å². The van der Waals surface area contributed by atoms with Crippen molar-refractivity contribution in [3.8, 4) is 0 Å². The summed E-state index contributed by atoms with van der Waals surface area (Å²) in [6, 6.07) is 6.47. The van der Waals surface area contributed by atoms with Crippen molar-refractivity contribution in [2.45, 2.75) is 27.7 Å². The zero-order valence-electron chi connectivity index (χ0n) is 15.7. The molecule has 5 heteroatoms. The van der Waals surface area contributed by atoms with Crippen LogP contribution in [0.15, 0.2) is 28.8 Å². The molecule has 0 spiro atoms. The van der Waals surface area contributed by atoms with Gasteiger partial charge in [0.05, 0.1) is 0 Å². The maximum Gasteiger partial charge on any atom is 0.399 e. The predicted octanol–water partition coefficient (Wildman–Crippen LogP) is 0.869. The number of hydrogen-bond donors (Lipinski definition) is 0. The molecule has 4 rings (SSSR count). The number of hydrogen-bond acceptors (Lipinski definition) is 3. The summed E-state index contributed by atoms with van der Waals surface area (Å²) in [5.41, 5.74) is 7.79. The van der Waals surface area contributed by atoms with E-state index in [1.807, 2.05) is 6.92 Å². The Balaban J connectivity index is 2.03. The van der Waals surface area contributed by atoms with Crippen LogP contribution in [0, 0.1) is 20.8 Å². The first kappa shape index (κ1) is 15.9. The Morgan fingerprint density at radius 2 is 1.88 bits per heavy atom. The van der Waals surface area contributed by atoms with Gasteiger partial charge in [0.15, 0.2) is 17.2 Å². The van der Waals surface area contributed by atoms with Gasteiger partial charge in [-0.2, -0.15) is 0 Å². The largest absolute Gasteiger partial charge is 0.436 e. The molecular formula is C20H23BN3O+. The smallest absolute Gasteiger partial charge is 0.399 e. The summed E-state index contributed by atoms with van der Waals surface area (Å²) < 4.78 is 8.27. The third-order valence-corrected chi connectivity index (χ3v) is 5.32. The summed E-state index contributed by atoms with van der Waals surface area (Å²) in [4.78, 5) is 6.79. The second-order valence-corrected chi connectivity index (χ2v) is 7.20. The van der Waals surface area contributed by atoms with E-state index in [4.69, 9.17) is 4.42 Å². The van der Waals surface area contributed by atoms with E-state index in [-0.39, 0.29) is 6.85 Å². The van der Waals surface area contributed by atoms with Crippen LogP contribution in [0.2, 0.25) is 0 Å². The molecule has 25 heavy (non-hydrogen) atoms. The van der Waals surface area contributed by atoms with Crippen LogP contribution in [0.4, 0.5) is 0 Å². The number of nitrogens with zero attached hydrogens (tertiary/aromatic N) is 3. The van der Waals surface area contributed by atoms with Gasteiger partial charge >= 0.3 is 6.85 Å². The zero-order valence-corrected chi connectivity index (χ0v) is 15.7. The Morgan fingerprint density at radius 3 is 2.64 bits per heavy atom. The van der Waals surface area contributed by atoms with E-state index in [9.17, 15) is 0 Å². The number of aromatic nitrogens is 2. The Hall–Kier alpha value is -2.56. The average Bonchev–Trinajstić information content (AvgIpc) is 2.89. The van der Waals surface area contributed by atoms with Gasteiger partial charge in [-0.3, -0.25) is 0 Å². The highest BCUT2D eigenvalue weighted by Crippen LogP contribution is 2.14. The highest BCUT2D eigenvalue weighted by atomic mass is 16.3. The molecule has 0 aromatic carbocycles. The van der Waals surface area contributed by atoms with Gasteiger partial charge in [-0.05, 0) is 52.4 Å². The van der Waals surface area contributed by atoms with Crippen LogP contribution in [0.5, 0.6) is 0 Å². The Labute approximate surface area is 148 Å². The van der Waals surface area contributed by atoms with Crippen molar-refractivity contribution < 1.29 is 8.98 Å². The fourth-order valence-electron chi connectivity index (χ4n) is 3.89. The Kier molecular flexibility index (Phi) is 3.49. The summed E-state index contributed by atoms with van der Waals surface area (Å²) in [6.07, 6.45) is 4.30. The predicted molar refractivity (Wildman–Crippen MR) is 102 cm³/mol. The summed E-state index contributed by atoms with van der Waals surface area (Å²) in [5, 5.41) is 2.28. The monoisotopic (exact) mass is 332 g/mol. The number of furan rings is 1. The van der Waals surface area contributed by atoms with E-state index in [0.717, 1.165) is 22.2 Å². The molecule has 0 bridgehead atoms. The molecule has 0 aliphatic carbocycles. The highest BCUT2D eigenvalue weighted by molar-refractivity contribution is 6.85.